The first-order chi connectivity index (χ1) is 15.9. The fourth-order valence-corrected chi connectivity index (χ4v) is 7.00. The van der Waals surface area contributed by atoms with Crippen LogP contribution in [0.3, 0.4) is 0 Å². The average Bonchev–Trinajstić information content (AvgIpc) is 3.41. The molecular weight excluding hydrogens is 470 g/mol. The van der Waals surface area contributed by atoms with Crippen LogP contribution in [-0.2, 0) is 17.6 Å². The second-order valence-corrected chi connectivity index (χ2v) is 11.0. The first-order valence-electron chi connectivity index (χ1n) is 10.9. The molecule has 1 aliphatic heterocycles. The molecule has 8 heteroatoms. The molecule has 3 heterocycles. The summed E-state index contributed by atoms with van der Waals surface area (Å²) in [6.07, 6.45) is 6.07. The summed E-state index contributed by atoms with van der Waals surface area (Å²) < 4.78 is 2.64. The molecule has 0 unspecified atom stereocenters. The molecule has 3 aromatic rings. The zero-order chi connectivity index (χ0) is 23.1. The van der Waals surface area contributed by atoms with Crippen LogP contribution < -0.4 is 10.6 Å². The third-order valence-electron chi connectivity index (χ3n) is 6.01. The Morgan fingerprint density at radius 1 is 1.18 bits per heavy atom. The van der Waals surface area contributed by atoms with Gasteiger partial charge in [0.15, 0.2) is 0 Å². The number of nitrogens with zero attached hydrogens (tertiary/aromatic N) is 1. The van der Waals surface area contributed by atoms with E-state index in [0.29, 0.717) is 9.23 Å². The highest BCUT2D eigenvalue weighted by Crippen LogP contribution is 2.39. The number of aromatic nitrogens is 1. The van der Waals surface area contributed by atoms with Crippen molar-refractivity contribution in [3.05, 3.63) is 74.3 Å². The van der Waals surface area contributed by atoms with Crippen LogP contribution in [0.1, 0.15) is 50.6 Å². The van der Waals surface area contributed by atoms with Crippen LogP contribution in [-0.4, -0.2) is 20.7 Å². The number of anilines is 1. The monoisotopic (exact) mass is 493 g/mol. The van der Waals surface area contributed by atoms with Gasteiger partial charge in [-0.25, -0.2) is 0 Å². The van der Waals surface area contributed by atoms with E-state index in [9.17, 15) is 9.59 Å². The normalized spacial score (nSPS) is 16.7. The minimum atomic E-state index is -0.163. The van der Waals surface area contributed by atoms with Gasteiger partial charge in [0.1, 0.15) is 9.32 Å². The molecule has 0 saturated carbocycles. The molecule has 0 spiro atoms. The van der Waals surface area contributed by atoms with Gasteiger partial charge in [0.2, 0.25) is 0 Å². The predicted octanol–water partition coefficient (Wildman–Crippen LogP) is 5.78. The van der Waals surface area contributed by atoms with Crippen molar-refractivity contribution in [3.8, 4) is 5.00 Å². The molecule has 1 aromatic carbocycles. The third kappa shape index (κ3) is 4.18. The number of amides is 2. The molecule has 0 atom stereocenters. The molecule has 33 heavy (non-hydrogen) atoms. The van der Waals surface area contributed by atoms with E-state index in [1.54, 1.807) is 11.3 Å². The predicted molar refractivity (Wildman–Crippen MR) is 140 cm³/mol. The van der Waals surface area contributed by atoms with E-state index >= 15 is 0 Å². The number of rotatable bonds is 4. The summed E-state index contributed by atoms with van der Waals surface area (Å²) in [5, 5.41) is 6.71. The van der Waals surface area contributed by atoms with Crippen LogP contribution in [0.15, 0.2) is 41.3 Å². The highest BCUT2D eigenvalue weighted by molar-refractivity contribution is 8.26. The fraction of sp³-hybridized carbons (Fsp3) is 0.240. The molecule has 0 radical (unpaired) electrons. The largest absolute Gasteiger partial charge is 0.322 e. The van der Waals surface area contributed by atoms with Gasteiger partial charge in [0.05, 0.1) is 10.5 Å². The van der Waals surface area contributed by atoms with Crippen molar-refractivity contribution >= 4 is 63.2 Å². The van der Waals surface area contributed by atoms with Crippen molar-refractivity contribution in [2.75, 3.05) is 5.32 Å². The number of hydrogen-bond donors (Lipinski definition) is 2. The van der Waals surface area contributed by atoms with Crippen molar-refractivity contribution < 1.29 is 9.59 Å². The molecule has 1 aliphatic carbocycles. The number of benzene rings is 1. The van der Waals surface area contributed by atoms with E-state index in [2.05, 4.69) is 21.3 Å². The lowest BCUT2D eigenvalue weighted by Gasteiger charge is -2.14. The maximum Gasteiger partial charge on any atom is 0.263 e. The Morgan fingerprint density at radius 2 is 1.94 bits per heavy atom. The summed E-state index contributed by atoms with van der Waals surface area (Å²) in [6.45, 7) is 4.08. The quantitative estimate of drug-likeness (QED) is 0.357. The highest BCUT2D eigenvalue weighted by atomic mass is 32.2. The average molecular weight is 494 g/mol. The number of fused-ring (bicyclic) bond motifs is 1. The third-order valence-corrected chi connectivity index (χ3v) is 8.45. The van der Waals surface area contributed by atoms with Crippen molar-refractivity contribution in [1.29, 1.82) is 0 Å². The van der Waals surface area contributed by atoms with Crippen molar-refractivity contribution in [2.45, 2.75) is 39.5 Å². The minimum absolute atomic E-state index is 0.0703. The lowest BCUT2D eigenvalue weighted by atomic mass is 9.95. The van der Waals surface area contributed by atoms with E-state index < -0.39 is 0 Å². The molecule has 2 N–H and O–H groups in total. The smallest absolute Gasteiger partial charge is 0.263 e. The highest BCUT2D eigenvalue weighted by Gasteiger charge is 2.28. The Morgan fingerprint density at radius 3 is 2.67 bits per heavy atom. The van der Waals surface area contributed by atoms with Gasteiger partial charge in [-0.2, -0.15) is 0 Å². The van der Waals surface area contributed by atoms with Crippen molar-refractivity contribution in [2.24, 2.45) is 0 Å². The Hall–Kier alpha value is -2.68. The molecule has 168 valence electrons. The lowest BCUT2D eigenvalue weighted by molar-refractivity contribution is -0.115. The van der Waals surface area contributed by atoms with Gasteiger partial charge in [-0.1, -0.05) is 42.2 Å². The molecular formula is C25H23N3O2S3. The molecule has 0 bridgehead atoms. The van der Waals surface area contributed by atoms with Crippen LogP contribution in [0.2, 0.25) is 0 Å². The van der Waals surface area contributed by atoms with Gasteiger partial charge in [-0.3, -0.25) is 9.59 Å². The van der Waals surface area contributed by atoms with Gasteiger partial charge in [0.25, 0.3) is 11.8 Å². The maximum absolute atomic E-state index is 13.5. The number of thioether (sulfide) groups is 1. The number of aryl methyl sites for hydroxylation is 2. The van der Waals surface area contributed by atoms with E-state index in [0.717, 1.165) is 58.9 Å². The zero-order valence-electron chi connectivity index (χ0n) is 18.4. The molecule has 2 amide bonds. The minimum Gasteiger partial charge on any atom is -0.322 e. The Kier molecular flexibility index (Phi) is 5.99. The molecule has 1 saturated heterocycles. The Balaban J connectivity index is 1.60. The van der Waals surface area contributed by atoms with E-state index in [-0.39, 0.29) is 11.8 Å². The van der Waals surface area contributed by atoms with Gasteiger partial charge >= 0.3 is 0 Å². The number of carbonyl (C=O) groups is 2. The summed E-state index contributed by atoms with van der Waals surface area (Å²) in [4.78, 5) is 27.6. The maximum atomic E-state index is 13.5. The summed E-state index contributed by atoms with van der Waals surface area (Å²) in [7, 11) is 0. The fourth-order valence-electron chi connectivity index (χ4n) is 4.47. The lowest BCUT2D eigenvalue weighted by Crippen LogP contribution is -2.17. The van der Waals surface area contributed by atoms with E-state index in [1.807, 2.05) is 50.3 Å². The molecule has 5 nitrogen and oxygen atoms in total. The molecule has 2 aromatic heterocycles. The first-order valence-corrected chi connectivity index (χ1v) is 12.9. The summed E-state index contributed by atoms with van der Waals surface area (Å²) in [6, 6.07) is 11.6. The second-order valence-electron chi connectivity index (χ2n) is 8.23. The van der Waals surface area contributed by atoms with Crippen LogP contribution in [0.4, 0.5) is 5.69 Å². The summed E-state index contributed by atoms with van der Waals surface area (Å²) in [5.74, 6) is -0.233. The van der Waals surface area contributed by atoms with Crippen LogP contribution in [0.25, 0.3) is 11.1 Å². The molecule has 1 fully saturated rings. The topological polar surface area (TPSA) is 63.1 Å². The van der Waals surface area contributed by atoms with Gasteiger partial charge in [0, 0.05) is 22.0 Å². The van der Waals surface area contributed by atoms with Crippen molar-refractivity contribution in [3.63, 3.8) is 0 Å². The van der Waals surface area contributed by atoms with E-state index in [1.165, 1.54) is 22.2 Å². The standard InChI is InChI=1S/C25H23N3O2S3/c1-14-12-16(13-20-22(29)27-25(31)33-20)15(2)28(14)24-21(18-10-6-7-11-19(18)32-24)23(30)26-17-8-4-3-5-9-17/h3-5,8-9,12-13H,6-7,10-11H2,1-2H3,(H,26,30)(H,27,29,31)/b20-13+. The number of carbonyl (C=O) groups excluding carboxylic acids is 2. The molecule has 2 aliphatic rings. The second kappa shape index (κ2) is 8.93. The number of hydrogen-bond acceptors (Lipinski definition) is 5. The Labute approximate surface area is 206 Å². The number of nitrogens with one attached hydrogen (secondary N) is 2. The van der Waals surface area contributed by atoms with E-state index in [4.69, 9.17) is 12.2 Å². The van der Waals surface area contributed by atoms with Crippen molar-refractivity contribution in [1.82, 2.24) is 9.88 Å². The molecule has 5 rings (SSSR count). The summed E-state index contributed by atoms with van der Waals surface area (Å²) in [5.41, 5.74) is 5.72. The first kappa shape index (κ1) is 22.1. The van der Waals surface area contributed by atoms with Crippen LogP contribution >= 0.6 is 35.3 Å². The van der Waals surface area contributed by atoms with Gasteiger partial charge < -0.3 is 15.2 Å². The number of thiocarbonyl (C=S) groups is 1. The Bertz CT molecular complexity index is 1320. The van der Waals surface area contributed by atoms with Gasteiger partial charge in [-0.15, -0.1) is 11.3 Å². The number of thiophene rings is 1. The number of para-hydroxylation sites is 1. The SMILES string of the molecule is Cc1cc(/C=C2/SC(=S)NC2=O)c(C)n1-c1sc2c(c1C(=O)Nc1ccccc1)CCCC2. The van der Waals surface area contributed by atoms with Crippen LogP contribution in [0, 0.1) is 13.8 Å². The summed E-state index contributed by atoms with van der Waals surface area (Å²) >= 11 is 8.12. The van der Waals surface area contributed by atoms with Crippen LogP contribution in [0.5, 0.6) is 0 Å². The van der Waals surface area contributed by atoms with Gasteiger partial charge in [-0.05, 0) is 74.9 Å². The zero-order valence-corrected chi connectivity index (χ0v) is 20.8.